The van der Waals surface area contributed by atoms with E-state index in [1.54, 1.807) is 6.20 Å². The van der Waals surface area contributed by atoms with Gasteiger partial charge in [0, 0.05) is 31.5 Å². The van der Waals surface area contributed by atoms with Crippen LogP contribution in [-0.2, 0) is 22.6 Å². The largest absolute Gasteiger partial charge is 0.490 e. The Bertz CT molecular complexity index is 870. The maximum Gasteiger partial charge on any atom is 0.490 e. The fourth-order valence-corrected chi connectivity index (χ4v) is 2.94. The number of carboxylic acid groups (broad SMARTS) is 2. The number of rotatable bonds is 4. The first kappa shape index (κ1) is 28.8. The number of alkyl halides is 6. The average molecular weight is 496 g/mol. The van der Waals surface area contributed by atoms with Crippen molar-refractivity contribution in [1.82, 2.24) is 9.88 Å². The third-order valence-corrected chi connectivity index (χ3v) is 4.51. The molecule has 0 bridgehead atoms. The first-order valence-corrected chi connectivity index (χ1v) is 9.67. The summed E-state index contributed by atoms with van der Waals surface area (Å²) in [5, 5.41) is 24.5. The molecule has 0 unspecified atom stereocenters. The van der Waals surface area contributed by atoms with Crippen molar-refractivity contribution in [1.29, 1.82) is 0 Å². The first-order chi connectivity index (χ1) is 15.7. The average Bonchev–Trinajstić information content (AvgIpc) is 3.08. The lowest BCUT2D eigenvalue weighted by atomic mass is 10.0. The van der Waals surface area contributed by atoms with Gasteiger partial charge in [-0.15, -0.1) is 0 Å². The predicted molar refractivity (Wildman–Crippen MR) is 107 cm³/mol. The Hall–Kier alpha value is -3.19. The topological polar surface area (TPSA) is 111 Å². The number of carboxylic acids is 2. The number of halogens is 6. The molecule has 0 spiro atoms. The lowest BCUT2D eigenvalue weighted by molar-refractivity contribution is -0.193. The summed E-state index contributed by atoms with van der Waals surface area (Å²) < 4.78 is 63.5. The zero-order valence-electron chi connectivity index (χ0n) is 17.5. The zero-order valence-corrected chi connectivity index (χ0v) is 17.5. The van der Waals surface area contributed by atoms with Crippen LogP contribution in [0.4, 0.5) is 26.3 Å². The highest BCUT2D eigenvalue weighted by Gasteiger charge is 2.39. The number of aliphatic hydroxyl groups is 1. The first-order valence-electron chi connectivity index (χ1n) is 9.67. The van der Waals surface area contributed by atoms with Gasteiger partial charge in [0.05, 0.1) is 6.10 Å². The highest BCUT2D eigenvalue weighted by atomic mass is 19.4. The van der Waals surface area contributed by atoms with Crippen molar-refractivity contribution in [2.75, 3.05) is 6.54 Å². The number of likely N-dealkylation sites (tertiary alicyclic amines) is 1. The second-order valence-electron chi connectivity index (χ2n) is 7.05. The molecule has 0 amide bonds. The molecule has 13 heteroatoms. The molecule has 0 saturated carbocycles. The van der Waals surface area contributed by atoms with E-state index in [-0.39, 0.29) is 12.1 Å². The Morgan fingerprint density at radius 2 is 1.41 bits per heavy atom. The standard InChI is InChI=1S/C17H20N2O.2C2HF3O2/c20-17-8-10-19(13-15-7-4-9-18-12-15)16(17)11-14-5-2-1-3-6-14;2*3-2(4,5)1(6)7/h1-7,9,12,16-17,20H,8,10-11,13H2;2*(H,6,7)/t16-,17+;;/m0../s1. The molecule has 2 aromatic rings. The summed E-state index contributed by atoms with van der Waals surface area (Å²) in [6, 6.07) is 14.7. The molecule has 3 N–H and O–H groups in total. The number of hydrogen-bond acceptors (Lipinski definition) is 5. The van der Waals surface area contributed by atoms with Crippen LogP contribution in [0.15, 0.2) is 54.9 Å². The molecule has 2 heterocycles. The number of nitrogens with zero attached hydrogens (tertiary/aromatic N) is 2. The monoisotopic (exact) mass is 496 g/mol. The van der Waals surface area contributed by atoms with Crippen LogP contribution in [0.1, 0.15) is 17.5 Å². The Balaban J connectivity index is 0.000000343. The number of aliphatic hydroxyl groups excluding tert-OH is 1. The Morgan fingerprint density at radius 3 is 1.85 bits per heavy atom. The minimum absolute atomic E-state index is 0.206. The number of aliphatic carboxylic acids is 2. The van der Waals surface area contributed by atoms with Crippen LogP contribution in [0.25, 0.3) is 0 Å². The summed E-state index contributed by atoms with van der Waals surface area (Å²) >= 11 is 0. The third-order valence-electron chi connectivity index (χ3n) is 4.51. The van der Waals surface area contributed by atoms with Crippen molar-refractivity contribution in [2.45, 2.75) is 43.9 Å². The van der Waals surface area contributed by atoms with E-state index in [1.165, 1.54) is 11.1 Å². The lowest BCUT2D eigenvalue weighted by Gasteiger charge is -2.26. The molecule has 1 saturated heterocycles. The predicted octanol–water partition coefficient (Wildman–Crippen LogP) is 3.53. The van der Waals surface area contributed by atoms with Crippen molar-refractivity contribution in [3.8, 4) is 0 Å². The summed E-state index contributed by atoms with van der Waals surface area (Å²) in [5.41, 5.74) is 2.49. The van der Waals surface area contributed by atoms with Crippen LogP contribution in [0.2, 0.25) is 0 Å². The minimum Gasteiger partial charge on any atom is -0.475 e. The van der Waals surface area contributed by atoms with E-state index in [1.807, 2.05) is 18.3 Å². The summed E-state index contributed by atoms with van der Waals surface area (Å²) in [5.74, 6) is -5.51. The van der Waals surface area contributed by atoms with Gasteiger partial charge in [-0.25, -0.2) is 9.59 Å². The van der Waals surface area contributed by atoms with Crippen LogP contribution < -0.4 is 0 Å². The highest BCUT2D eigenvalue weighted by Crippen LogP contribution is 2.23. The molecule has 0 aliphatic carbocycles. The van der Waals surface area contributed by atoms with Gasteiger partial charge in [-0.2, -0.15) is 26.3 Å². The molecule has 188 valence electrons. The third kappa shape index (κ3) is 10.6. The molecule has 2 atom stereocenters. The van der Waals surface area contributed by atoms with Gasteiger partial charge in [0.15, 0.2) is 0 Å². The highest BCUT2D eigenvalue weighted by molar-refractivity contribution is 5.73. The fourth-order valence-electron chi connectivity index (χ4n) is 2.94. The summed E-state index contributed by atoms with van der Waals surface area (Å²) in [6.07, 6.45) is -4.93. The van der Waals surface area contributed by atoms with Gasteiger partial charge in [0.1, 0.15) is 0 Å². The molecular formula is C21H22F6N2O5. The second kappa shape index (κ2) is 12.9. The van der Waals surface area contributed by atoms with Gasteiger partial charge >= 0.3 is 24.3 Å². The van der Waals surface area contributed by atoms with Crippen molar-refractivity contribution in [3.05, 3.63) is 66.0 Å². The molecule has 1 fully saturated rings. The van der Waals surface area contributed by atoms with Crippen LogP contribution in [0, 0.1) is 0 Å². The van der Waals surface area contributed by atoms with Crippen molar-refractivity contribution in [3.63, 3.8) is 0 Å². The van der Waals surface area contributed by atoms with Gasteiger partial charge in [0.2, 0.25) is 0 Å². The molecule has 1 aromatic carbocycles. The van der Waals surface area contributed by atoms with Crippen molar-refractivity contribution in [2.24, 2.45) is 0 Å². The number of pyridine rings is 1. The zero-order chi connectivity index (χ0) is 25.9. The number of aromatic nitrogens is 1. The van der Waals surface area contributed by atoms with E-state index in [4.69, 9.17) is 19.8 Å². The van der Waals surface area contributed by atoms with E-state index in [9.17, 15) is 31.4 Å². The molecule has 0 radical (unpaired) electrons. The van der Waals surface area contributed by atoms with E-state index < -0.39 is 24.3 Å². The van der Waals surface area contributed by atoms with E-state index in [0.717, 1.165) is 25.9 Å². The van der Waals surface area contributed by atoms with Gasteiger partial charge in [-0.1, -0.05) is 36.4 Å². The quantitative estimate of drug-likeness (QED) is 0.556. The molecule has 7 nitrogen and oxygen atoms in total. The Labute approximate surface area is 190 Å². The smallest absolute Gasteiger partial charge is 0.475 e. The maximum absolute atomic E-state index is 10.6. The maximum atomic E-state index is 10.6. The van der Waals surface area contributed by atoms with Crippen LogP contribution in [0.5, 0.6) is 0 Å². The summed E-state index contributed by atoms with van der Waals surface area (Å²) in [7, 11) is 0. The second-order valence-corrected chi connectivity index (χ2v) is 7.05. The van der Waals surface area contributed by atoms with Crippen LogP contribution in [0.3, 0.4) is 0 Å². The molecular weight excluding hydrogens is 474 g/mol. The van der Waals surface area contributed by atoms with Gasteiger partial charge in [-0.3, -0.25) is 9.88 Å². The van der Waals surface area contributed by atoms with E-state index >= 15 is 0 Å². The Kier molecular flexibility index (Phi) is 10.9. The molecule has 3 rings (SSSR count). The number of carbonyl (C=O) groups is 2. The number of benzene rings is 1. The van der Waals surface area contributed by atoms with E-state index in [0.29, 0.717) is 0 Å². The SMILES string of the molecule is O=C(O)C(F)(F)F.O=C(O)C(F)(F)F.O[C@@H]1CCN(Cc2cccnc2)[C@H]1Cc1ccccc1. The molecule has 1 aliphatic rings. The summed E-state index contributed by atoms with van der Waals surface area (Å²) in [4.78, 5) is 24.3. The molecule has 1 aromatic heterocycles. The number of hydrogen-bond donors (Lipinski definition) is 3. The van der Waals surface area contributed by atoms with E-state index in [2.05, 4.69) is 40.2 Å². The van der Waals surface area contributed by atoms with Crippen molar-refractivity contribution < 1.29 is 51.3 Å². The molecule has 34 heavy (non-hydrogen) atoms. The van der Waals surface area contributed by atoms with Gasteiger partial charge in [-0.05, 0) is 30.0 Å². The van der Waals surface area contributed by atoms with Gasteiger partial charge < -0.3 is 15.3 Å². The van der Waals surface area contributed by atoms with Crippen LogP contribution >= 0.6 is 0 Å². The normalized spacial score (nSPS) is 18.2. The lowest BCUT2D eigenvalue weighted by Crippen LogP contribution is -2.36. The summed E-state index contributed by atoms with van der Waals surface area (Å²) in [6.45, 7) is 1.82. The van der Waals surface area contributed by atoms with Crippen LogP contribution in [-0.4, -0.2) is 68.2 Å². The molecule has 1 aliphatic heterocycles. The Morgan fingerprint density at radius 1 is 0.912 bits per heavy atom. The van der Waals surface area contributed by atoms with Crippen molar-refractivity contribution >= 4 is 11.9 Å². The fraction of sp³-hybridized carbons (Fsp3) is 0.381. The van der Waals surface area contributed by atoms with Gasteiger partial charge in [0.25, 0.3) is 0 Å². The minimum atomic E-state index is -5.08.